The molecule has 3 heterocycles. The van der Waals surface area contributed by atoms with Crippen molar-refractivity contribution in [3.63, 3.8) is 0 Å². The lowest BCUT2D eigenvalue weighted by Crippen LogP contribution is -2.34. The van der Waals surface area contributed by atoms with Gasteiger partial charge in [-0.25, -0.2) is 8.78 Å². The van der Waals surface area contributed by atoms with E-state index >= 15 is 0 Å². The highest BCUT2D eigenvalue weighted by atomic mass is 19.3. The number of aryl methyl sites for hydroxylation is 1. The van der Waals surface area contributed by atoms with Gasteiger partial charge in [0.05, 0.1) is 18.4 Å². The van der Waals surface area contributed by atoms with Gasteiger partial charge in [0.1, 0.15) is 12.2 Å². The van der Waals surface area contributed by atoms with Gasteiger partial charge >= 0.3 is 0 Å². The maximum Gasteiger partial charge on any atom is 0.273 e. The molecule has 0 atom stereocenters. The molecule has 2 N–H and O–H groups in total. The SMILES string of the molecule is O=C(Cn1c(-c2ccccc2)cnc(CCCC(F)F)c1=O)NCc1cc2cnccc2[nH]1. The van der Waals surface area contributed by atoms with Crippen LogP contribution in [0.1, 0.15) is 24.2 Å². The average Bonchev–Trinajstić information content (AvgIpc) is 3.23. The van der Waals surface area contributed by atoms with Gasteiger partial charge in [0.25, 0.3) is 5.56 Å². The Labute approximate surface area is 188 Å². The van der Waals surface area contributed by atoms with E-state index in [9.17, 15) is 18.4 Å². The van der Waals surface area contributed by atoms with E-state index in [1.807, 2.05) is 42.5 Å². The van der Waals surface area contributed by atoms with Crippen LogP contribution in [0.2, 0.25) is 0 Å². The number of halogens is 2. The molecule has 0 radical (unpaired) electrons. The second-order valence-corrected chi connectivity index (χ2v) is 7.67. The van der Waals surface area contributed by atoms with Crippen LogP contribution in [-0.4, -0.2) is 31.9 Å². The highest BCUT2D eigenvalue weighted by Gasteiger charge is 2.15. The number of nitrogens with zero attached hydrogens (tertiary/aromatic N) is 3. The molecule has 7 nitrogen and oxygen atoms in total. The third-order valence-electron chi connectivity index (χ3n) is 5.29. The molecule has 0 saturated carbocycles. The second kappa shape index (κ2) is 10.2. The molecule has 0 aliphatic rings. The van der Waals surface area contributed by atoms with Crippen molar-refractivity contribution in [1.82, 2.24) is 24.8 Å². The van der Waals surface area contributed by atoms with E-state index in [-0.39, 0.29) is 44.0 Å². The average molecular weight is 451 g/mol. The Hall–Kier alpha value is -3.88. The van der Waals surface area contributed by atoms with Gasteiger partial charge in [-0.15, -0.1) is 0 Å². The molecule has 1 amide bonds. The summed E-state index contributed by atoms with van der Waals surface area (Å²) >= 11 is 0. The first-order valence-corrected chi connectivity index (χ1v) is 10.6. The van der Waals surface area contributed by atoms with Crippen molar-refractivity contribution in [2.24, 2.45) is 0 Å². The van der Waals surface area contributed by atoms with Crippen LogP contribution in [0.5, 0.6) is 0 Å². The Morgan fingerprint density at radius 3 is 2.73 bits per heavy atom. The van der Waals surface area contributed by atoms with Crippen molar-refractivity contribution in [2.75, 3.05) is 0 Å². The zero-order valence-corrected chi connectivity index (χ0v) is 17.8. The molecule has 0 saturated heterocycles. The molecule has 9 heteroatoms. The monoisotopic (exact) mass is 451 g/mol. The lowest BCUT2D eigenvalue weighted by atomic mass is 10.1. The van der Waals surface area contributed by atoms with Gasteiger partial charge in [0.15, 0.2) is 0 Å². The lowest BCUT2D eigenvalue weighted by molar-refractivity contribution is -0.121. The summed E-state index contributed by atoms with van der Waals surface area (Å²) in [6.07, 6.45) is 2.47. The molecule has 4 rings (SSSR count). The summed E-state index contributed by atoms with van der Waals surface area (Å²) in [7, 11) is 0. The Morgan fingerprint density at radius 1 is 1.15 bits per heavy atom. The number of benzene rings is 1. The van der Waals surface area contributed by atoms with Crippen LogP contribution in [0.25, 0.3) is 22.2 Å². The minimum atomic E-state index is -2.43. The van der Waals surface area contributed by atoms with Crippen LogP contribution >= 0.6 is 0 Å². The topological polar surface area (TPSA) is 92.7 Å². The van der Waals surface area contributed by atoms with E-state index in [0.29, 0.717) is 5.69 Å². The number of fused-ring (bicyclic) bond motifs is 1. The molecule has 170 valence electrons. The van der Waals surface area contributed by atoms with Crippen molar-refractivity contribution >= 4 is 16.8 Å². The molecule has 0 aliphatic heterocycles. The van der Waals surface area contributed by atoms with Crippen molar-refractivity contribution in [3.05, 3.63) is 82.8 Å². The highest BCUT2D eigenvalue weighted by Crippen LogP contribution is 2.18. The summed E-state index contributed by atoms with van der Waals surface area (Å²) in [5.74, 6) is -0.351. The number of rotatable bonds is 9. The lowest BCUT2D eigenvalue weighted by Gasteiger charge is -2.14. The molecule has 0 unspecified atom stereocenters. The summed E-state index contributed by atoms with van der Waals surface area (Å²) in [5.41, 5.74) is 2.68. The van der Waals surface area contributed by atoms with Crippen molar-refractivity contribution in [2.45, 2.75) is 38.8 Å². The Balaban J connectivity index is 1.54. The maximum absolute atomic E-state index is 13.1. The number of alkyl halides is 2. The molecule has 33 heavy (non-hydrogen) atoms. The van der Waals surface area contributed by atoms with Crippen LogP contribution in [0.3, 0.4) is 0 Å². The van der Waals surface area contributed by atoms with Gasteiger partial charge in [0, 0.05) is 35.4 Å². The van der Waals surface area contributed by atoms with Gasteiger partial charge in [0.2, 0.25) is 12.3 Å². The number of pyridine rings is 1. The van der Waals surface area contributed by atoms with Crippen LogP contribution < -0.4 is 10.9 Å². The first-order valence-electron chi connectivity index (χ1n) is 10.6. The van der Waals surface area contributed by atoms with Crippen molar-refractivity contribution in [3.8, 4) is 11.3 Å². The number of H-pyrrole nitrogens is 1. The maximum atomic E-state index is 13.1. The molecule has 0 aliphatic carbocycles. The van der Waals surface area contributed by atoms with E-state index in [1.165, 1.54) is 10.8 Å². The number of carbonyl (C=O) groups is 1. The fourth-order valence-electron chi connectivity index (χ4n) is 3.64. The fraction of sp³-hybridized carbons (Fsp3) is 0.250. The summed E-state index contributed by atoms with van der Waals surface area (Å²) < 4.78 is 26.4. The zero-order chi connectivity index (χ0) is 23.2. The number of aromatic nitrogens is 4. The van der Waals surface area contributed by atoms with Crippen LogP contribution in [-0.2, 0) is 24.3 Å². The van der Waals surface area contributed by atoms with E-state index < -0.39 is 12.0 Å². The van der Waals surface area contributed by atoms with Crippen molar-refractivity contribution in [1.29, 1.82) is 0 Å². The molecule has 0 bridgehead atoms. The van der Waals surface area contributed by atoms with Gasteiger partial charge in [-0.2, -0.15) is 0 Å². The Morgan fingerprint density at radius 2 is 1.97 bits per heavy atom. The number of carbonyl (C=O) groups excluding carboxylic acids is 1. The first-order chi connectivity index (χ1) is 16.0. The molecule has 3 aromatic heterocycles. The van der Waals surface area contributed by atoms with Gasteiger partial charge in [-0.3, -0.25) is 24.1 Å². The number of hydrogen-bond donors (Lipinski definition) is 2. The predicted molar refractivity (Wildman–Crippen MR) is 121 cm³/mol. The van der Waals surface area contributed by atoms with E-state index in [0.717, 1.165) is 22.2 Å². The van der Waals surface area contributed by atoms with Crippen molar-refractivity contribution < 1.29 is 13.6 Å². The van der Waals surface area contributed by atoms with Crippen LogP contribution in [0, 0.1) is 0 Å². The molecule has 1 aromatic carbocycles. The highest BCUT2D eigenvalue weighted by molar-refractivity contribution is 5.80. The molecular formula is C24H23F2N5O2. The van der Waals surface area contributed by atoms with Gasteiger partial charge in [-0.1, -0.05) is 30.3 Å². The Kier molecular flexibility index (Phi) is 6.87. The van der Waals surface area contributed by atoms with Crippen LogP contribution in [0.15, 0.2) is 65.8 Å². The predicted octanol–water partition coefficient (Wildman–Crippen LogP) is 3.69. The molecule has 0 fully saturated rings. The fourth-order valence-corrected chi connectivity index (χ4v) is 3.64. The summed E-state index contributed by atoms with van der Waals surface area (Å²) in [6.45, 7) is 0.0461. The van der Waals surface area contributed by atoms with E-state index in [2.05, 4.69) is 20.3 Å². The third kappa shape index (κ3) is 5.49. The number of amides is 1. The number of aromatic amines is 1. The summed E-state index contributed by atoms with van der Waals surface area (Å²) in [5, 5.41) is 3.76. The van der Waals surface area contributed by atoms with Gasteiger partial charge < -0.3 is 10.3 Å². The minimum Gasteiger partial charge on any atom is -0.357 e. The quantitative estimate of drug-likeness (QED) is 0.406. The van der Waals surface area contributed by atoms with E-state index in [4.69, 9.17) is 0 Å². The number of nitrogens with one attached hydrogen (secondary N) is 2. The minimum absolute atomic E-state index is 0.128. The summed E-state index contributed by atoms with van der Waals surface area (Å²) in [6, 6.07) is 12.9. The third-order valence-corrected chi connectivity index (χ3v) is 5.29. The largest absolute Gasteiger partial charge is 0.357 e. The Bertz CT molecular complexity index is 1270. The normalized spacial score (nSPS) is 11.2. The first kappa shape index (κ1) is 22.3. The molecule has 0 spiro atoms. The number of hydrogen-bond acceptors (Lipinski definition) is 4. The smallest absolute Gasteiger partial charge is 0.273 e. The summed E-state index contributed by atoms with van der Waals surface area (Å²) in [4.78, 5) is 37.3. The van der Waals surface area contributed by atoms with Crippen LogP contribution in [0.4, 0.5) is 8.78 Å². The van der Waals surface area contributed by atoms with Gasteiger partial charge in [-0.05, 0) is 30.5 Å². The zero-order valence-electron chi connectivity index (χ0n) is 17.8. The van der Waals surface area contributed by atoms with E-state index in [1.54, 1.807) is 12.4 Å². The standard InChI is InChI=1S/C24H23F2N5O2/c25-22(26)8-4-7-20-24(33)31(21(14-28-20)16-5-2-1-3-6-16)15-23(32)29-13-18-11-17-12-27-10-9-19(17)30-18/h1-3,5-6,9-12,14,22,30H,4,7-8,13,15H2,(H,29,32). The molecular weight excluding hydrogens is 428 g/mol. The molecule has 4 aromatic rings. The second-order valence-electron chi connectivity index (χ2n) is 7.67.